The molecule has 8 nitrogen and oxygen atoms in total. The van der Waals surface area contributed by atoms with Crippen molar-refractivity contribution in [2.24, 2.45) is 11.8 Å². The Balaban J connectivity index is 1.31. The molecule has 1 fully saturated rings. The molecule has 30 heavy (non-hydrogen) atoms. The van der Waals surface area contributed by atoms with Crippen LogP contribution in [0.25, 0.3) is 16.1 Å². The van der Waals surface area contributed by atoms with Gasteiger partial charge in [-0.05, 0) is 48.7 Å². The first-order chi connectivity index (χ1) is 14.5. The maximum atomic E-state index is 12.7. The van der Waals surface area contributed by atoms with Crippen molar-refractivity contribution in [2.75, 3.05) is 26.2 Å². The van der Waals surface area contributed by atoms with Gasteiger partial charge in [0.25, 0.3) is 5.56 Å². The Morgan fingerprint density at radius 3 is 2.83 bits per heavy atom. The molecule has 0 bridgehead atoms. The number of hydrogen-bond donors (Lipinski definition) is 1. The fourth-order valence-corrected chi connectivity index (χ4v) is 4.97. The first-order valence-electron chi connectivity index (χ1n) is 10.5. The average Bonchev–Trinajstić information content (AvgIpc) is 3.36. The van der Waals surface area contributed by atoms with E-state index >= 15 is 0 Å². The lowest BCUT2D eigenvalue weighted by Crippen LogP contribution is -2.40. The fourth-order valence-electron chi connectivity index (χ4n) is 4.29. The molecule has 0 spiro atoms. The fraction of sp³-hybridized carbons (Fsp3) is 0.524. The normalized spacial score (nSPS) is 19.9. The van der Waals surface area contributed by atoms with E-state index < -0.39 is 0 Å². The van der Waals surface area contributed by atoms with E-state index in [0.29, 0.717) is 12.1 Å². The van der Waals surface area contributed by atoms with Crippen LogP contribution in [0, 0.1) is 11.8 Å². The predicted molar refractivity (Wildman–Crippen MR) is 118 cm³/mol. The maximum absolute atomic E-state index is 12.7. The lowest BCUT2D eigenvalue weighted by molar-refractivity contribution is -0.121. The Labute approximate surface area is 179 Å². The molecule has 4 rings (SSSR count). The lowest BCUT2D eigenvalue weighted by Gasteiger charge is -2.34. The second kappa shape index (κ2) is 9.09. The highest BCUT2D eigenvalue weighted by molar-refractivity contribution is 7.13. The van der Waals surface area contributed by atoms with Crippen molar-refractivity contribution in [1.29, 1.82) is 0 Å². The summed E-state index contributed by atoms with van der Waals surface area (Å²) in [6, 6.07) is 5.64. The number of nitrogens with zero attached hydrogens (tertiary/aromatic N) is 5. The zero-order valence-electron chi connectivity index (χ0n) is 17.5. The maximum Gasteiger partial charge on any atom is 0.293 e. The van der Waals surface area contributed by atoms with Gasteiger partial charge in [-0.2, -0.15) is 10.2 Å². The van der Waals surface area contributed by atoms with Gasteiger partial charge >= 0.3 is 0 Å². The Morgan fingerprint density at radius 1 is 1.30 bits per heavy atom. The van der Waals surface area contributed by atoms with E-state index in [2.05, 4.69) is 34.3 Å². The summed E-state index contributed by atoms with van der Waals surface area (Å²) in [5.41, 5.74) is 0.821. The number of nitrogens with one attached hydrogen (secondary N) is 1. The Bertz CT molecular complexity index is 1050. The summed E-state index contributed by atoms with van der Waals surface area (Å²) in [5, 5.41) is 13.4. The van der Waals surface area contributed by atoms with Gasteiger partial charge < -0.3 is 10.2 Å². The molecule has 1 N–H and O–H groups in total. The van der Waals surface area contributed by atoms with Crippen LogP contribution >= 0.6 is 11.3 Å². The van der Waals surface area contributed by atoms with Crippen LogP contribution in [0.1, 0.15) is 26.7 Å². The number of carbonyl (C=O) groups excluding carboxylic acids is 1. The van der Waals surface area contributed by atoms with E-state index in [4.69, 9.17) is 0 Å². The number of amides is 1. The molecule has 1 aliphatic rings. The predicted octanol–water partition coefficient (Wildman–Crippen LogP) is 2.10. The quantitative estimate of drug-likeness (QED) is 0.583. The van der Waals surface area contributed by atoms with Gasteiger partial charge in [-0.25, -0.2) is 9.20 Å². The number of piperidine rings is 1. The van der Waals surface area contributed by atoms with Gasteiger partial charge in [-0.3, -0.25) is 9.59 Å². The van der Waals surface area contributed by atoms with Gasteiger partial charge in [0.15, 0.2) is 0 Å². The highest BCUT2D eigenvalue weighted by Gasteiger charge is 2.21. The van der Waals surface area contributed by atoms with Crippen LogP contribution in [0.2, 0.25) is 0 Å². The van der Waals surface area contributed by atoms with Crippen LogP contribution in [-0.4, -0.2) is 56.4 Å². The summed E-state index contributed by atoms with van der Waals surface area (Å²) in [6.07, 6.45) is 3.67. The van der Waals surface area contributed by atoms with Gasteiger partial charge in [0.05, 0.1) is 4.88 Å². The van der Waals surface area contributed by atoms with Gasteiger partial charge in [-0.1, -0.05) is 19.9 Å². The molecule has 1 amide bonds. The molecule has 0 aromatic carbocycles. The van der Waals surface area contributed by atoms with Crippen molar-refractivity contribution < 1.29 is 4.79 Å². The summed E-state index contributed by atoms with van der Waals surface area (Å²) in [5.74, 6) is 1.27. The zero-order chi connectivity index (χ0) is 21.1. The lowest BCUT2D eigenvalue weighted by atomic mass is 9.92. The Morgan fingerprint density at radius 2 is 2.10 bits per heavy atom. The number of thiophene rings is 1. The third-order valence-electron chi connectivity index (χ3n) is 5.47. The van der Waals surface area contributed by atoms with Gasteiger partial charge in [0, 0.05) is 19.6 Å². The molecule has 1 saturated heterocycles. The summed E-state index contributed by atoms with van der Waals surface area (Å²) < 4.78 is 2.66. The topological polar surface area (TPSA) is 84.5 Å². The van der Waals surface area contributed by atoms with Gasteiger partial charge in [-0.15, -0.1) is 11.3 Å². The number of likely N-dealkylation sites (tertiary alicyclic amines) is 1. The smallest absolute Gasteiger partial charge is 0.293 e. The molecule has 1 aliphatic heterocycles. The Hall–Kier alpha value is -2.52. The summed E-state index contributed by atoms with van der Waals surface area (Å²) in [4.78, 5) is 28.5. The number of fused-ring (bicyclic) bond motifs is 1. The largest absolute Gasteiger partial charge is 0.354 e. The summed E-state index contributed by atoms with van der Waals surface area (Å²) >= 11 is 1.56. The molecule has 4 heterocycles. The highest BCUT2D eigenvalue weighted by atomic mass is 32.1. The molecule has 0 radical (unpaired) electrons. The van der Waals surface area contributed by atoms with E-state index in [9.17, 15) is 9.59 Å². The number of carbonyl (C=O) groups is 1. The van der Waals surface area contributed by atoms with E-state index in [1.165, 1.54) is 21.9 Å². The standard InChI is InChI=1S/C21H28N6O2S/c1-15-9-16(2)12-25(11-15)7-4-6-22-20(28)13-26-21(29)18-10-17(19-5-3-8-30-19)24-27(18)14-23-26/h3,5,8,10,14-16H,4,6-7,9,11-13H2,1-2H3,(H,22,28)/t15-,16-/m0/s1. The third kappa shape index (κ3) is 4.79. The molecule has 0 aliphatic carbocycles. The highest BCUT2D eigenvalue weighted by Crippen LogP contribution is 2.23. The summed E-state index contributed by atoms with van der Waals surface area (Å²) in [7, 11) is 0. The molecular weight excluding hydrogens is 400 g/mol. The minimum atomic E-state index is -0.320. The van der Waals surface area contributed by atoms with Crippen molar-refractivity contribution in [3.63, 3.8) is 0 Å². The molecule has 3 aromatic rings. The minimum Gasteiger partial charge on any atom is -0.354 e. The molecule has 0 unspecified atom stereocenters. The first-order valence-corrected chi connectivity index (χ1v) is 11.4. The molecule has 3 aromatic heterocycles. The van der Waals surface area contributed by atoms with E-state index in [1.807, 2.05) is 17.5 Å². The van der Waals surface area contributed by atoms with Crippen molar-refractivity contribution >= 4 is 22.8 Å². The SMILES string of the molecule is C[C@H]1C[C@H](C)CN(CCCNC(=O)Cn2ncn3nc(-c4cccs4)cc3c2=O)C1. The van der Waals surface area contributed by atoms with Crippen molar-refractivity contribution in [3.05, 3.63) is 40.3 Å². The number of aromatic nitrogens is 4. The molecule has 160 valence electrons. The van der Waals surface area contributed by atoms with Crippen LogP contribution in [0.5, 0.6) is 0 Å². The van der Waals surface area contributed by atoms with E-state index in [1.54, 1.807) is 17.4 Å². The molecule has 9 heteroatoms. The zero-order valence-corrected chi connectivity index (χ0v) is 18.3. The van der Waals surface area contributed by atoms with Crippen LogP contribution in [0.4, 0.5) is 0 Å². The average molecular weight is 429 g/mol. The molecular formula is C21H28N6O2S. The van der Waals surface area contributed by atoms with Gasteiger partial charge in [0.2, 0.25) is 5.91 Å². The minimum absolute atomic E-state index is 0.0906. The van der Waals surface area contributed by atoms with Crippen molar-refractivity contribution in [3.8, 4) is 10.6 Å². The first kappa shape index (κ1) is 20.7. The van der Waals surface area contributed by atoms with Crippen molar-refractivity contribution in [2.45, 2.75) is 33.2 Å². The van der Waals surface area contributed by atoms with Crippen LogP contribution in [-0.2, 0) is 11.3 Å². The number of hydrogen-bond acceptors (Lipinski definition) is 6. The van der Waals surface area contributed by atoms with E-state index in [0.717, 1.165) is 48.5 Å². The van der Waals surface area contributed by atoms with Gasteiger partial charge in [0.1, 0.15) is 24.1 Å². The van der Waals surface area contributed by atoms with Crippen LogP contribution in [0.3, 0.4) is 0 Å². The van der Waals surface area contributed by atoms with Crippen LogP contribution in [0.15, 0.2) is 34.7 Å². The molecule has 2 atom stereocenters. The van der Waals surface area contributed by atoms with E-state index in [-0.39, 0.29) is 18.0 Å². The molecule has 0 saturated carbocycles. The van der Waals surface area contributed by atoms with Crippen molar-refractivity contribution in [1.82, 2.24) is 29.6 Å². The van der Waals surface area contributed by atoms with Crippen LogP contribution < -0.4 is 10.9 Å². The third-order valence-corrected chi connectivity index (χ3v) is 6.37. The Kier molecular flexibility index (Phi) is 6.29. The summed E-state index contributed by atoms with van der Waals surface area (Å²) in [6.45, 7) is 8.37. The second-order valence-corrected chi connectivity index (χ2v) is 9.29. The second-order valence-electron chi connectivity index (χ2n) is 8.34. The number of rotatable bonds is 7. The monoisotopic (exact) mass is 428 g/mol.